The lowest BCUT2D eigenvalue weighted by molar-refractivity contribution is 0.00798. The third kappa shape index (κ3) is 6.91. The van der Waals surface area contributed by atoms with E-state index in [2.05, 4.69) is 18.7 Å². The minimum Gasteiger partial charge on any atom is -0.378 e. The van der Waals surface area contributed by atoms with E-state index in [1.165, 1.54) is 38.9 Å². The van der Waals surface area contributed by atoms with Gasteiger partial charge in [-0.3, -0.25) is 0 Å². The molecule has 0 unspecified atom stereocenters. The third-order valence-electron chi connectivity index (χ3n) is 2.63. The lowest BCUT2D eigenvalue weighted by Crippen LogP contribution is -2.37. The molecule has 0 spiro atoms. The van der Waals surface area contributed by atoms with Crippen LogP contribution in [0.25, 0.3) is 0 Å². The van der Waals surface area contributed by atoms with E-state index in [9.17, 15) is 0 Å². The third-order valence-corrected chi connectivity index (χ3v) is 2.63. The summed E-state index contributed by atoms with van der Waals surface area (Å²) in [5, 5.41) is 0. The van der Waals surface area contributed by atoms with E-state index in [1.807, 2.05) is 13.8 Å². The molecular weight excluding hydrogens is 186 g/mol. The highest BCUT2D eigenvalue weighted by molar-refractivity contribution is 4.71. The molecule has 1 saturated heterocycles. The Morgan fingerprint density at radius 1 is 1.07 bits per heavy atom. The zero-order valence-electron chi connectivity index (χ0n) is 11.1. The van der Waals surface area contributed by atoms with Crippen LogP contribution in [-0.2, 0) is 4.74 Å². The maximum absolute atomic E-state index is 5.73. The summed E-state index contributed by atoms with van der Waals surface area (Å²) in [6, 6.07) is 0. The fourth-order valence-electron chi connectivity index (χ4n) is 1.90. The highest BCUT2D eigenvalue weighted by Gasteiger charge is 2.18. The molecule has 0 aromatic carbocycles. The first-order valence-electron chi connectivity index (χ1n) is 6.70. The van der Waals surface area contributed by atoms with Crippen LogP contribution in [0.15, 0.2) is 0 Å². The normalized spacial score (nSPS) is 18.4. The zero-order chi connectivity index (χ0) is 11.5. The summed E-state index contributed by atoms with van der Waals surface area (Å²) >= 11 is 0. The highest BCUT2D eigenvalue weighted by atomic mass is 16.5. The predicted octanol–water partition coefficient (Wildman–Crippen LogP) is 3.31. The van der Waals surface area contributed by atoms with Crippen LogP contribution in [0.3, 0.4) is 0 Å². The Bertz CT molecular complexity index is 120. The van der Waals surface area contributed by atoms with E-state index < -0.39 is 0 Å². The summed E-state index contributed by atoms with van der Waals surface area (Å²) in [4.78, 5) is 2.55. The van der Waals surface area contributed by atoms with Crippen molar-refractivity contribution in [1.29, 1.82) is 0 Å². The molecule has 0 radical (unpaired) electrons. The molecular formula is C13H29NO. The van der Waals surface area contributed by atoms with Crippen molar-refractivity contribution in [2.24, 2.45) is 0 Å². The van der Waals surface area contributed by atoms with Crippen molar-refractivity contribution in [2.45, 2.75) is 59.5 Å². The van der Waals surface area contributed by atoms with E-state index in [4.69, 9.17) is 4.74 Å². The Morgan fingerprint density at radius 3 is 2.13 bits per heavy atom. The molecule has 0 aliphatic carbocycles. The van der Waals surface area contributed by atoms with Crippen LogP contribution in [0.2, 0.25) is 0 Å². The fraction of sp³-hybridized carbons (Fsp3) is 1.00. The number of likely N-dealkylation sites (tertiary alicyclic amines) is 1. The monoisotopic (exact) mass is 215 g/mol. The van der Waals surface area contributed by atoms with Gasteiger partial charge in [0, 0.05) is 19.7 Å². The SMILES string of the molecule is CC.CCCOC1CCN(CCC)CC1. The Kier molecular flexibility index (Phi) is 10.4. The molecule has 92 valence electrons. The Morgan fingerprint density at radius 2 is 1.67 bits per heavy atom. The molecule has 1 heterocycles. The van der Waals surface area contributed by atoms with Crippen molar-refractivity contribution in [2.75, 3.05) is 26.2 Å². The van der Waals surface area contributed by atoms with Gasteiger partial charge in [-0.2, -0.15) is 0 Å². The van der Waals surface area contributed by atoms with Gasteiger partial charge in [0.2, 0.25) is 0 Å². The summed E-state index contributed by atoms with van der Waals surface area (Å²) in [6.45, 7) is 13.1. The minimum absolute atomic E-state index is 0.549. The van der Waals surface area contributed by atoms with Crippen LogP contribution in [0.1, 0.15) is 53.4 Å². The van der Waals surface area contributed by atoms with E-state index in [1.54, 1.807) is 0 Å². The second kappa shape index (κ2) is 10.4. The fourth-order valence-corrected chi connectivity index (χ4v) is 1.90. The Hall–Kier alpha value is -0.0800. The van der Waals surface area contributed by atoms with Gasteiger partial charge in [-0.1, -0.05) is 27.7 Å². The molecule has 1 fully saturated rings. The second-order valence-electron chi connectivity index (χ2n) is 3.91. The highest BCUT2D eigenvalue weighted by Crippen LogP contribution is 2.13. The number of piperidine rings is 1. The molecule has 1 aliphatic heterocycles. The van der Waals surface area contributed by atoms with Gasteiger partial charge in [-0.05, 0) is 32.2 Å². The van der Waals surface area contributed by atoms with Gasteiger partial charge in [0.1, 0.15) is 0 Å². The topological polar surface area (TPSA) is 12.5 Å². The van der Waals surface area contributed by atoms with Gasteiger partial charge < -0.3 is 9.64 Å². The maximum atomic E-state index is 5.73. The summed E-state index contributed by atoms with van der Waals surface area (Å²) in [5.41, 5.74) is 0. The smallest absolute Gasteiger partial charge is 0.0599 e. The first-order valence-corrected chi connectivity index (χ1v) is 6.70. The van der Waals surface area contributed by atoms with Crippen molar-refractivity contribution in [3.8, 4) is 0 Å². The van der Waals surface area contributed by atoms with E-state index in [0.29, 0.717) is 6.10 Å². The molecule has 0 saturated carbocycles. The number of ether oxygens (including phenoxy) is 1. The molecule has 1 aliphatic rings. The lowest BCUT2D eigenvalue weighted by atomic mass is 10.1. The first kappa shape index (κ1) is 14.9. The van der Waals surface area contributed by atoms with Crippen molar-refractivity contribution in [3.05, 3.63) is 0 Å². The number of hydrogen-bond donors (Lipinski definition) is 0. The van der Waals surface area contributed by atoms with Crippen molar-refractivity contribution < 1.29 is 4.74 Å². The molecule has 0 amide bonds. The largest absolute Gasteiger partial charge is 0.378 e. The Balaban J connectivity index is 0.000000921. The number of hydrogen-bond acceptors (Lipinski definition) is 2. The lowest BCUT2D eigenvalue weighted by Gasteiger charge is -2.31. The van der Waals surface area contributed by atoms with Gasteiger partial charge in [-0.25, -0.2) is 0 Å². The molecule has 1 rings (SSSR count). The predicted molar refractivity (Wildman–Crippen MR) is 67.3 cm³/mol. The molecule has 0 aromatic heterocycles. The molecule has 15 heavy (non-hydrogen) atoms. The average molecular weight is 215 g/mol. The second-order valence-corrected chi connectivity index (χ2v) is 3.91. The van der Waals surface area contributed by atoms with Crippen LogP contribution in [0, 0.1) is 0 Å². The summed E-state index contributed by atoms with van der Waals surface area (Å²) in [6.07, 6.45) is 5.45. The molecule has 0 atom stereocenters. The van der Waals surface area contributed by atoms with Crippen LogP contribution < -0.4 is 0 Å². The van der Waals surface area contributed by atoms with Crippen molar-refractivity contribution in [3.63, 3.8) is 0 Å². The summed E-state index contributed by atoms with van der Waals surface area (Å²) in [5.74, 6) is 0. The van der Waals surface area contributed by atoms with Crippen LogP contribution in [0.5, 0.6) is 0 Å². The van der Waals surface area contributed by atoms with Gasteiger partial charge in [0.05, 0.1) is 6.10 Å². The first-order chi connectivity index (χ1) is 7.36. The van der Waals surface area contributed by atoms with Crippen molar-refractivity contribution in [1.82, 2.24) is 4.90 Å². The van der Waals surface area contributed by atoms with Gasteiger partial charge in [0.25, 0.3) is 0 Å². The van der Waals surface area contributed by atoms with E-state index >= 15 is 0 Å². The van der Waals surface area contributed by atoms with Crippen LogP contribution in [0.4, 0.5) is 0 Å². The maximum Gasteiger partial charge on any atom is 0.0599 e. The average Bonchev–Trinajstić information content (AvgIpc) is 2.31. The van der Waals surface area contributed by atoms with Crippen LogP contribution in [-0.4, -0.2) is 37.2 Å². The van der Waals surface area contributed by atoms with E-state index in [0.717, 1.165) is 13.0 Å². The minimum atomic E-state index is 0.549. The molecule has 2 nitrogen and oxygen atoms in total. The van der Waals surface area contributed by atoms with E-state index in [-0.39, 0.29) is 0 Å². The molecule has 0 N–H and O–H groups in total. The number of rotatable bonds is 5. The van der Waals surface area contributed by atoms with Crippen molar-refractivity contribution >= 4 is 0 Å². The Labute approximate surface area is 96.0 Å². The quantitative estimate of drug-likeness (QED) is 0.697. The molecule has 0 aromatic rings. The zero-order valence-corrected chi connectivity index (χ0v) is 11.1. The summed E-state index contributed by atoms with van der Waals surface area (Å²) < 4.78 is 5.73. The molecule has 0 bridgehead atoms. The van der Waals surface area contributed by atoms with Gasteiger partial charge in [0.15, 0.2) is 0 Å². The standard InChI is InChI=1S/C11H23NO.C2H6/c1-3-7-12-8-5-11(6-9-12)13-10-4-2;1-2/h11H,3-10H2,1-2H3;1-2H3. The number of nitrogens with zero attached hydrogens (tertiary/aromatic N) is 1. The van der Waals surface area contributed by atoms with Crippen LogP contribution >= 0.6 is 0 Å². The van der Waals surface area contributed by atoms with Gasteiger partial charge in [-0.15, -0.1) is 0 Å². The summed E-state index contributed by atoms with van der Waals surface area (Å²) in [7, 11) is 0. The van der Waals surface area contributed by atoms with Gasteiger partial charge >= 0.3 is 0 Å². The molecule has 2 heteroatoms.